The number of hydrogen-bond acceptors (Lipinski definition) is 2. The van der Waals surface area contributed by atoms with Crippen LogP contribution in [-0.4, -0.2) is 25.5 Å². The zero-order valence-corrected chi connectivity index (χ0v) is 13.2. The first-order chi connectivity index (χ1) is 9.01. The van der Waals surface area contributed by atoms with Gasteiger partial charge in [0.15, 0.2) is 0 Å². The number of nitrogens with two attached hydrogens (primary N) is 1. The molecule has 0 fully saturated rings. The van der Waals surface area contributed by atoms with Crippen LogP contribution in [0.5, 0.6) is 0 Å². The van der Waals surface area contributed by atoms with Gasteiger partial charge in [-0.25, -0.2) is 0 Å². The molecule has 2 nitrogen and oxygen atoms in total. The second kappa shape index (κ2) is 7.66. The number of nitrogens with zero attached hydrogens (tertiary/aromatic N) is 1. The molecule has 0 aliphatic rings. The van der Waals surface area contributed by atoms with E-state index in [1.165, 1.54) is 17.5 Å². The highest BCUT2D eigenvalue weighted by Gasteiger charge is 2.20. The monoisotopic (exact) mass is 262 g/mol. The lowest BCUT2D eigenvalue weighted by Gasteiger charge is -2.30. The van der Waals surface area contributed by atoms with Gasteiger partial charge in [0.05, 0.1) is 0 Å². The van der Waals surface area contributed by atoms with Crippen LogP contribution in [0.2, 0.25) is 0 Å². The highest BCUT2D eigenvalue weighted by atomic mass is 15.1. The van der Waals surface area contributed by atoms with Gasteiger partial charge in [-0.05, 0) is 56.4 Å². The van der Waals surface area contributed by atoms with Crippen molar-refractivity contribution < 1.29 is 0 Å². The van der Waals surface area contributed by atoms with Crippen molar-refractivity contribution in [3.05, 3.63) is 35.4 Å². The zero-order valence-electron chi connectivity index (χ0n) is 13.2. The molecule has 3 unspecified atom stereocenters. The Morgan fingerprint density at radius 2 is 1.58 bits per heavy atom. The van der Waals surface area contributed by atoms with Crippen LogP contribution in [0.3, 0.4) is 0 Å². The van der Waals surface area contributed by atoms with E-state index in [0.717, 1.165) is 13.0 Å². The first-order valence-corrected chi connectivity index (χ1v) is 7.47. The van der Waals surface area contributed by atoms with Crippen LogP contribution >= 0.6 is 0 Å². The molecule has 0 radical (unpaired) electrons. The molecule has 1 aromatic rings. The molecule has 0 spiro atoms. The lowest BCUT2D eigenvalue weighted by molar-refractivity contribution is 0.217. The predicted octanol–water partition coefficient (Wildman–Crippen LogP) is 3.79. The van der Waals surface area contributed by atoms with Gasteiger partial charge in [0.2, 0.25) is 0 Å². The molecule has 2 N–H and O–H groups in total. The summed E-state index contributed by atoms with van der Waals surface area (Å²) in [5.74, 6) is 1.22. The number of hydrogen-bond donors (Lipinski definition) is 1. The van der Waals surface area contributed by atoms with Gasteiger partial charge in [0, 0.05) is 6.04 Å². The van der Waals surface area contributed by atoms with Gasteiger partial charge in [-0.3, -0.25) is 0 Å². The van der Waals surface area contributed by atoms with Crippen LogP contribution in [0.15, 0.2) is 24.3 Å². The Bertz CT molecular complexity index is 356. The third-order valence-corrected chi connectivity index (χ3v) is 4.18. The predicted molar refractivity (Wildman–Crippen MR) is 84.4 cm³/mol. The van der Waals surface area contributed by atoms with Crippen molar-refractivity contribution in [2.75, 3.05) is 20.6 Å². The summed E-state index contributed by atoms with van der Waals surface area (Å²) in [5.41, 5.74) is 8.55. The van der Waals surface area contributed by atoms with Crippen molar-refractivity contribution in [2.45, 2.75) is 45.6 Å². The van der Waals surface area contributed by atoms with E-state index in [9.17, 15) is 0 Å². The molecule has 2 heteroatoms. The quantitative estimate of drug-likeness (QED) is 0.810. The van der Waals surface area contributed by atoms with Crippen molar-refractivity contribution in [3.63, 3.8) is 0 Å². The fourth-order valence-electron chi connectivity index (χ4n) is 2.81. The van der Waals surface area contributed by atoms with Crippen LogP contribution in [0.4, 0.5) is 0 Å². The van der Waals surface area contributed by atoms with Crippen molar-refractivity contribution >= 4 is 0 Å². The maximum absolute atomic E-state index is 5.71. The fourth-order valence-corrected chi connectivity index (χ4v) is 2.81. The lowest BCUT2D eigenvalue weighted by Crippen LogP contribution is -2.27. The smallest absolute Gasteiger partial charge is 0.0368 e. The van der Waals surface area contributed by atoms with Crippen LogP contribution in [-0.2, 0) is 0 Å². The molecule has 1 rings (SSSR count). The molecule has 0 aliphatic heterocycles. The minimum Gasteiger partial charge on any atom is -0.330 e. The van der Waals surface area contributed by atoms with Crippen LogP contribution < -0.4 is 5.73 Å². The van der Waals surface area contributed by atoms with Gasteiger partial charge < -0.3 is 10.6 Å². The van der Waals surface area contributed by atoms with Gasteiger partial charge in [0.1, 0.15) is 0 Å². The van der Waals surface area contributed by atoms with Gasteiger partial charge in [-0.15, -0.1) is 0 Å². The summed E-state index contributed by atoms with van der Waals surface area (Å²) in [7, 11) is 4.31. The van der Waals surface area contributed by atoms with Gasteiger partial charge >= 0.3 is 0 Å². The highest BCUT2D eigenvalue weighted by molar-refractivity contribution is 5.27. The summed E-state index contributed by atoms with van der Waals surface area (Å²) in [6, 6.07) is 9.61. The van der Waals surface area contributed by atoms with Crippen molar-refractivity contribution in [1.82, 2.24) is 4.90 Å². The summed E-state index contributed by atoms with van der Waals surface area (Å²) in [6.07, 6.45) is 2.26. The van der Waals surface area contributed by atoms with E-state index >= 15 is 0 Å². The maximum Gasteiger partial charge on any atom is 0.0368 e. The molecule has 1 aromatic carbocycles. The second-order valence-corrected chi connectivity index (χ2v) is 5.94. The van der Waals surface area contributed by atoms with Crippen molar-refractivity contribution in [3.8, 4) is 0 Å². The van der Waals surface area contributed by atoms with E-state index in [1.54, 1.807) is 0 Å². The van der Waals surface area contributed by atoms with Crippen LogP contribution in [0.1, 0.15) is 56.7 Å². The van der Waals surface area contributed by atoms with E-state index < -0.39 is 0 Å². The lowest BCUT2D eigenvalue weighted by atomic mass is 9.89. The Kier molecular flexibility index (Phi) is 6.53. The summed E-state index contributed by atoms with van der Waals surface area (Å²) in [4.78, 5) is 2.30. The minimum absolute atomic E-state index is 0.453. The molecule has 0 saturated heterocycles. The van der Waals surface area contributed by atoms with Gasteiger partial charge in [-0.1, -0.05) is 45.0 Å². The normalized spacial score (nSPS) is 16.4. The number of benzene rings is 1. The van der Waals surface area contributed by atoms with Crippen molar-refractivity contribution in [2.24, 2.45) is 11.7 Å². The topological polar surface area (TPSA) is 29.3 Å². The third-order valence-electron chi connectivity index (χ3n) is 4.18. The van der Waals surface area contributed by atoms with E-state index in [4.69, 9.17) is 5.73 Å². The molecular weight excluding hydrogens is 232 g/mol. The Labute approximate surface area is 119 Å². The first kappa shape index (κ1) is 16.2. The summed E-state index contributed by atoms with van der Waals surface area (Å²) < 4.78 is 0. The fraction of sp³-hybridized carbons (Fsp3) is 0.647. The molecule has 0 aliphatic carbocycles. The standard InChI is InChI=1S/C17H30N2/c1-6-13(2)15-7-9-16(10-8-15)17(19(4)5)14(3)11-12-18/h7-10,13-14,17H,6,11-12,18H2,1-5H3. The molecule has 19 heavy (non-hydrogen) atoms. The molecule has 0 bridgehead atoms. The highest BCUT2D eigenvalue weighted by Crippen LogP contribution is 2.30. The van der Waals surface area contributed by atoms with E-state index in [1.807, 2.05) is 0 Å². The number of rotatable bonds is 7. The molecule has 0 saturated carbocycles. The Hall–Kier alpha value is -0.860. The van der Waals surface area contributed by atoms with Crippen LogP contribution in [0.25, 0.3) is 0 Å². The largest absolute Gasteiger partial charge is 0.330 e. The Morgan fingerprint density at radius 3 is 2.00 bits per heavy atom. The average Bonchev–Trinajstić information content (AvgIpc) is 2.38. The average molecular weight is 262 g/mol. The maximum atomic E-state index is 5.71. The molecule has 0 amide bonds. The second-order valence-electron chi connectivity index (χ2n) is 5.94. The molecule has 0 aromatic heterocycles. The van der Waals surface area contributed by atoms with Crippen molar-refractivity contribution in [1.29, 1.82) is 0 Å². The molecule has 108 valence electrons. The Balaban J connectivity index is 2.91. The summed E-state index contributed by atoms with van der Waals surface area (Å²) in [6.45, 7) is 7.58. The van der Waals surface area contributed by atoms with Gasteiger partial charge in [0.25, 0.3) is 0 Å². The SMILES string of the molecule is CCC(C)c1ccc(C(C(C)CCN)N(C)C)cc1. The summed E-state index contributed by atoms with van der Waals surface area (Å²) in [5, 5.41) is 0. The molecule has 3 atom stereocenters. The molecular formula is C17H30N2. The van der Waals surface area contributed by atoms with E-state index in [0.29, 0.717) is 17.9 Å². The van der Waals surface area contributed by atoms with Gasteiger partial charge in [-0.2, -0.15) is 0 Å². The Morgan fingerprint density at radius 1 is 1.05 bits per heavy atom. The minimum atomic E-state index is 0.453. The van der Waals surface area contributed by atoms with E-state index in [2.05, 4.69) is 64.0 Å². The summed E-state index contributed by atoms with van der Waals surface area (Å²) >= 11 is 0. The zero-order chi connectivity index (χ0) is 14.4. The molecule has 0 heterocycles. The third kappa shape index (κ3) is 4.32. The van der Waals surface area contributed by atoms with Crippen LogP contribution in [0, 0.1) is 5.92 Å². The first-order valence-electron chi connectivity index (χ1n) is 7.47. The van der Waals surface area contributed by atoms with E-state index in [-0.39, 0.29) is 0 Å².